The van der Waals surface area contributed by atoms with Crippen LogP contribution in [0.2, 0.25) is 0 Å². The number of amides is 2. The maximum Gasteiger partial charge on any atom is 0.336 e. The molecule has 5 atom stereocenters. The van der Waals surface area contributed by atoms with E-state index in [9.17, 15) is 24.8 Å². The Balaban J connectivity index is 1.20. The molecule has 3 aliphatic rings. The van der Waals surface area contributed by atoms with Crippen molar-refractivity contribution < 1.29 is 28.6 Å². The van der Waals surface area contributed by atoms with Crippen LogP contribution in [0, 0.1) is 30.1 Å². The Morgan fingerprint density at radius 2 is 1.78 bits per heavy atom. The molecule has 2 amide bonds. The third kappa shape index (κ3) is 3.51. The highest BCUT2D eigenvalue weighted by atomic mass is 16.6. The number of imide groups is 1. The van der Waals surface area contributed by atoms with Gasteiger partial charge in [0.15, 0.2) is 0 Å². The number of hydrogen-bond donors (Lipinski definition) is 1. The lowest BCUT2D eigenvalue weighted by Crippen LogP contribution is -2.49. The molecular weight excluding hydrogens is 524 g/mol. The Bertz CT molecular complexity index is 1890. The summed E-state index contributed by atoms with van der Waals surface area (Å²) >= 11 is 0. The molecule has 4 aromatic rings. The molecule has 206 valence electrons. The first-order chi connectivity index (χ1) is 19.7. The first kappa shape index (κ1) is 25.4. The number of nitriles is 1. The van der Waals surface area contributed by atoms with E-state index in [1.54, 1.807) is 55.5 Å². The predicted octanol–water partition coefficient (Wildman–Crippen LogP) is 3.99. The van der Waals surface area contributed by atoms with Gasteiger partial charge in [0.25, 0.3) is 0 Å². The van der Waals surface area contributed by atoms with Crippen LogP contribution < -0.4 is 15.3 Å². The summed E-state index contributed by atoms with van der Waals surface area (Å²) < 4.78 is 17.7. The summed E-state index contributed by atoms with van der Waals surface area (Å²) in [5.74, 6) is -1.96. The van der Waals surface area contributed by atoms with Crippen LogP contribution in [0.4, 0.5) is 5.69 Å². The lowest BCUT2D eigenvalue weighted by Gasteiger charge is -2.33. The van der Waals surface area contributed by atoms with Gasteiger partial charge in [0.05, 0.1) is 47.5 Å². The van der Waals surface area contributed by atoms with Crippen LogP contribution in [-0.4, -0.2) is 40.8 Å². The second-order valence-corrected chi connectivity index (χ2v) is 11.3. The van der Waals surface area contributed by atoms with E-state index in [4.69, 9.17) is 13.9 Å². The molecule has 9 heteroatoms. The number of benzene rings is 3. The summed E-state index contributed by atoms with van der Waals surface area (Å²) in [7, 11) is 0. The molecule has 7 rings (SSSR count). The summed E-state index contributed by atoms with van der Waals surface area (Å²) in [6.07, 6.45) is -0.477. The molecule has 1 aromatic heterocycles. The van der Waals surface area contributed by atoms with Gasteiger partial charge in [-0.25, -0.2) is 9.69 Å². The molecule has 3 fully saturated rings. The van der Waals surface area contributed by atoms with Crippen molar-refractivity contribution in [1.82, 2.24) is 0 Å². The molecule has 0 radical (unpaired) electrons. The molecule has 1 N–H and O–H groups in total. The monoisotopic (exact) mass is 550 g/mol. The fourth-order valence-electron chi connectivity index (χ4n) is 7.17. The Morgan fingerprint density at radius 3 is 2.56 bits per heavy atom. The number of carbonyl (C=O) groups is 2. The highest BCUT2D eigenvalue weighted by Crippen LogP contribution is 2.62. The number of anilines is 1. The number of ether oxygens (including phenoxy) is 2. The van der Waals surface area contributed by atoms with E-state index in [-0.39, 0.29) is 25.4 Å². The molecule has 0 saturated carbocycles. The van der Waals surface area contributed by atoms with Crippen molar-refractivity contribution in [2.45, 2.75) is 44.0 Å². The van der Waals surface area contributed by atoms with E-state index in [0.29, 0.717) is 33.4 Å². The van der Waals surface area contributed by atoms with Gasteiger partial charge in [-0.1, -0.05) is 24.3 Å². The van der Waals surface area contributed by atoms with Crippen molar-refractivity contribution in [2.24, 2.45) is 11.8 Å². The number of aliphatic hydroxyl groups excluding tert-OH is 1. The van der Waals surface area contributed by atoms with Gasteiger partial charge >= 0.3 is 5.63 Å². The highest BCUT2D eigenvalue weighted by Gasteiger charge is 2.77. The number of aliphatic hydroxyl groups is 1. The molecule has 2 bridgehead atoms. The molecule has 41 heavy (non-hydrogen) atoms. The van der Waals surface area contributed by atoms with Crippen LogP contribution in [0.15, 0.2) is 69.9 Å². The quantitative estimate of drug-likeness (QED) is 0.292. The van der Waals surface area contributed by atoms with E-state index in [1.165, 1.54) is 11.0 Å². The average Bonchev–Trinajstić information content (AvgIpc) is 3.48. The van der Waals surface area contributed by atoms with Gasteiger partial charge in [-0.15, -0.1) is 0 Å². The SMILES string of the molecule is Cc1cc(=O)oc2cc(OCCC34CC(O)C(C)(O3)C3C(=O)N(c5ccc(C#N)c6ccccc56)C(=O)C34)ccc12. The average molecular weight is 551 g/mol. The van der Waals surface area contributed by atoms with Crippen LogP contribution in [0.5, 0.6) is 5.75 Å². The summed E-state index contributed by atoms with van der Waals surface area (Å²) in [5.41, 5.74) is -0.684. The van der Waals surface area contributed by atoms with E-state index in [2.05, 4.69) is 6.07 Å². The van der Waals surface area contributed by atoms with Crippen LogP contribution in [0.1, 0.15) is 30.9 Å². The van der Waals surface area contributed by atoms with Crippen molar-refractivity contribution in [3.63, 3.8) is 0 Å². The molecule has 4 heterocycles. The first-order valence-electron chi connectivity index (χ1n) is 13.5. The molecule has 9 nitrogen and oxygen atoms in total. The van der Waals surface area contributed by atoms with Gasteiger partial charge in [-0.3, -0.25) is 9.59 Å². The minimum Gasteiger partial charge on any atom is -0.493 e. The standard InChI is InChI=1S/C32H26N2O7/c1-17-13-26(36)40-24-14-19(8-9-20(17)24)39-12-11-32-15-25(35)31(2,41-32)27-28(32)30(38)34(29(27)37)23-10-7-18(16-33)21-5-3-4-6-22(21)23/h3-10,13-14,25,27-28,35H,11-12,15H2,1-2H3. The Hall–Kier alpha value is -4.52. The van der Waals surface area contributed by atoms with Crippen molar-refractivity contribution >= 4 is 39.2 Å². The van der Waals surface area contributed by atoms with Gasteiger partial charge in [0.2, 0.25) is 11.8 Å². The number of carbonyl (C=O) groups excluding carboxylic acids is 2. The lowest BCUT2D eigenvalue weighted by molar-refractivity contribution is -0.134. The van der Waals surface area contributed by atoms with E-state index < -0.39 is 40.7 Å². The van der Waals surface area contributed by atoms with E-state index in [0.717, 1.165) is 10.9 Å². The highest BCUT2D eigenvalue weighted by molar-refractivity contribution is 6.26. The molecule has 3 aliphatic heterocycles. The molecule has 5 unspecified atom stereocenters. The third-order valence-electron chi connectivity index (χ3n) is 9.09. The molecule has 3 saturated heterocycles. The van der Waals surface area contributed by atoms with E-state index >= 15 is 0 Å². The van der Waals surface area contributed by atoms with Crippen LogP contribution in [0.3, 0.4) is 0 Å². The maximum atomic E-state index is 14.1. The van der Waals surface area contributed by atoms with Crippen LogP contribution >= 0.6 is 0 Å². The fraction of sp³-hybridized carbons (Fsp3) is 0.312. The Labute approximate surface area is 234 Å². The van der Waals surface area contributed by atoms with Gasteiger partial charge in [-0.05, 0) is 43.7 Å². The largest absolute Gasteiger partial charge is 0.493 e. The summed E-state index contributed by atoms with van der Waals surface area (Å²) in [4.78, 5) is 41.0. The van der Waals surface area contributed by atoms with Gasteiger partial charge < -0.3 is 19.0 Å². The van der Waals surface area contributed by atoms with Gasteiger partial charge in [-0.2, -0.15) is 5.26 Å². The molecule has 3 aromatic carbocycles. The van der Waals surface area contributed by atoms with E-state index in [1.807, 2.05) is 13.0 Å². The summed E-state index contributed by atoms with van der Waals surface area (Å²) in [5, 5.41) is 22.7. The Kier molecular flexibility index (Phi) is 5.42. The zero-order chi connectivity index (χ0) is 28.7. The second kappa shape index (κ2) is 8.74. The zero-order valence-electron chi connectivity index (χ0n) is 22.4. The molecule has 0 aliphatic carbocycles. The normalized spacial score (nSPS) is 28.4. The number of rotatable bonds is 5. The number of hydrogen-bond acceptors (Lipinski definition) is 8. The van der Waals surface area contributed by atoms with Gasteiger partial charge in [0.1, 0.15) is 16.9 Å². The smallest absolute Gasteiger partial charge is 0.336 e. The molecular formula is C32H26N2O7. The Morgan fingerprint density at radius 1 is 1.02 bits per heavy atom. The minimum absolute atomic E-state index is 0.148. The molecule has 0 spiro atoms. The predicted molar refractivity (Wildman–Crippen MR) is 148 cm³/mol. The fourth-order valence-corrected chi connectivity index (χ4v) is 7.17. The van der Waals surface area contributed by atoms with Gasteiger partial charge in [0, 0.05) is 41.1 Å². The van der Waals surface area contributed by atoms with Crippen molar-refractivity contribution in [3.8, 4) is 11.8 Å². The van der Waals surface area contributed by atoms with Crippen molar-refractivity contribution in [2.75, 3.05) is 11.5 Å². The number of nitrogens with zero attached hydrogens (tertiary/aromatic N) is 2. The third-order valence-corrected chi connectivity index (χ3v) is 9.09. The maximum absolute atomic E-state index is 14.1. The van der Waals surface area contributed by atoms with Crippen molar-refractivity contribution in [3.05, 3.63) is 82.2 Å². The summed E-state index contributed by atoms with van der Waals surface area (Å²) in [6, 6.07) is 19.3. The second-order valence-electron chi connectivity index (χ2n) is 11.3. The zero-order valence-corrected chi connectivity index (χ0v) is 22.4. The van der Waals surface area contributed by atoms with Crippen LogP contribution in [0.25, 0.3) is 21.7 Å². The number of aryl methyl sites for hydroxylation is 1. The summed E-state index contributed by atoms with van der Waals surface area (Å²) in [6.45, 7) is 3.68. The number of fused-ring (bicyclic) bond motifs is 7. The minimum atomic E-state index is -1.22. The van der Waals surface area contributed by atoms with Crippen LogP contribution in [-0.2, 0) is 14.3 Å². The topological polar surface area (TPSA) is 130 Å². The first-order valence-corrected chi connectivity index (χ1v) is 13.5. The van der Waals surface area contributed by atoms with Crippen molar-refractivity contribution in [1.29, 1.82) is 5.26 Å². The lowest BCUT2D eigenvalue weighted by atomic mass is 9.66.